The van der Waals surface area contributed by atoms with E-state index in [2.05, 4.69) is 15.5 Å². The standard InChI is InChI=1S/C21H23ClN4O3S2/c1-5-26-16(10-14-6-8-15(22)9-7-14)24-25-21(26)30-11-17(27)23-19-18(20(28)29-4)12(2)13(3)31-19/h6-9H,5,10-11H2,1-4H3,(H,23,27). The van der Waals surface area contributed by atoms with Gasteiger partial charge in [-0.25, -0.2) is 4.79 Å². The number of halogens is 1. The molecule has 0 saturated carbocycles. The second-order valence-electron chi connectivity index (χ2n) is 6.76. The average molecular weight is 479 g/mol. The minimum atomic E-state index is -0.456. The van der Waals surface area contributed by atoms with Gasteiger partial charge in [-0.3, -0.25) is 4.79 Å². The molecule has 0 aliphatic rings. The number of rotatable bonds is 8. The van der Waals surface area contributed by atoms with Gasteiger partial charge in [0.2, 0.25) is 5.91 Å². The number of hydrogen-bond acceptors (Lipinski definition) is 7. The van der Waals surface area contributed by atoms with Crippen molar-refractivity contribution < 1.29 is 14.3 Å². The van der Waals surface area contributed by atoms with Gasteiger partial charge in [-0.1, -0.05) is 35.5 Å². The molecule has 0 atom stereocenters. The number of aromatic nitrogens is 3. The van der Waals surface area contributed by atoms with Gasteiger partial charge in [0, 0.05) is 22.9 Å². The number of hydrogen-bond donors (Lipinski definition) is 1. The Labute approximate surface area is 194 Å². The molecule has 1 amide bonds. The predicted octanol–water partition coefficient (Wildman–Crippen LogP) is 4.74. The van der Waals surface area contributed by atoms with Crippen LogP contribution in [0.3, 0.4) is 0 Å². The molecule has 3 rings (SSSR count). The number of esters is 1. The Hall–Kier alpha value is -2.36. The van der Waals surface area contributed by atoms with Crippen molar-refractivity contribution in [2.45, 2.75) is 38.9 Å². The maximum Gasteiger partial charge on any atom is 0.341 e. The van der Waals surface area contributed by atoms with Gasteiger partial charge in [0.15, 0.2) is 5.16 Å². The van der Waals surface area contributed by atoms with Gasteiger partial charge in [0.25, 0.3) is 0 Å². The first kappa shape index (κ1) is 23.3. The van der Waals surface area contributed by atoms with Gasteiger partial charge in [-0.2, -0.15) is 0 Å². The summed E-state index contributed by atoms with van der Waals surface area (Å²) in [6, 6.07) is 7.61. The number of aryl methyl sites for hydroxylation is 1. The third-order valence-electron chi connectivity index (χ3n) is 4.75. The zero-order valence-corrected chi connectivity index (χ0v) is 20.1. The van der Waals surface area contributed by atoms with Gasteiger partial charge < -0.3 is 14.6 Å². The summed E-state index contributed by atoms with van der Waals surface area (Å²) in [4.78, 5) is 25.6. The Morgan fingerprint density at radius 2 is 1.94 bits per heavy atom. The summed E-state index contributed by atoms with van der Waals surface area (Å²) in [5.41, 5.74) is 2.31. The minimum absolute atomic E-state index is 0.148. The molecule has 31 heavy (non-hydrogen) atoms. The molecular formula is C21H23ClN4O3S2. The Bertz CT molecular complexity index is 1090. The number of benzene rings is 1. The van der Waals surface area contributed by atoms with Crippen LogP contribution in [-0.2, 0) is 22.5 Å². The van der Waals surface area contributed by atoms with Crippen molar-refractivity contribution in [2.24, 2.45) is 0 Å². The number of amides is 1. The molecule has 10 heteroatoms. The van der Waals surface area contributed by atoms with Crippen LogP contribution < -0.4 is 5.32 Å². The summed E-state index contributed by atoms with van der Waals surface area (Å²) >= 11 is 8.62. The van der Waals surface area contributed by atoms with E-state index in [1.54, 1.807) is 0 Å². The Kier molecular flexibility index (Phi) is 7.74. The van der Waals surface area contributed by atoms with Crippen LogP contribution >= 0.6 is 34.7 Å². The first-order chi connectivity index (χ1) is 14.8. The molecule has 0 aliphatic heterocycles. The maximum absolute atomic E-state index is 12.6. The average Bonchev–Trinajstić information content (AvgIpc) is 3.27. The SMILES string of the molecule is CCn1c(Cc2ccc(Cl)cc2)nnc1SCC(=O)Nc1sc(C)c(C)c1C(=O)OC. The highest BCUT2D eigenvalue weighted by Crippen LogP contribution is 2.33. The molecule has 7 nitrogen and oxygen atoms in total. The Balaban J connectivity index is 1.67. The molecule has 2 aromatic heterocycles. The summed E-state index contributed by atoms with van der Waals surface area (Å²) in [6.07, 6.45) is 0.626. The van der Waals surface area contributed by atoms with E-state index in [0.717, 1.165) is 21.8 Å². The molecule has 3 aromatic rings. The van der Waals surface area contributed by atoms with Crippen LogP contribution in [-0.4, -0.2) is 39.5 Å². The lowest BCUT2D eigenvalue weighted by Gasteiger charge is -2.08. The van der Waals surface area contributed by atoms with E-state index < -0.39 is 5.97 Å². The smallest absolute Gasteiger partial charge is 0.341 e. The quantitative estimate of drug-likeness (QED) is 0.372. The Morgan fingerprint density at radius 3 is 2.58 bits per heavy atom. The van der Waals surface area contributed by atoms with Crippen LogP contribution in [0.25, 0.3) is 0 Å². The highest BCUT2D eigenvalue weighted by Gasteiger charge is 2.22. The maximum atomic E-state index is 12.6. The fourth-order valence-corrected chi connectivity index (χ4v) is 5.03. The number of ether oxygens (including phenoxy) is 1. The minimum Gasteiger partial charge on any atom is -0.465 e. The van der Waals surface area contributed by atoms with Crippen molar-refractivity contribution in [3.63, 3.8) is 0 Å². The first-order valence-electron chi connectivity index (χ1n) is 9.61. The highest BCUT2D eigenvalue weighted by molar-refractivity contribution is 7.99. The van der Waals surface area contributed by atoms with Gasteiger partial charge in [-0.15, -0.1) is 21.5 Å². The number of nitrogens with zero attached hydrogens (tertiary/aromatic N) is 3. The molecule has 2 heterocycles. The zero-order valence-electron chi connectivity index (χ0n) is 17.7. The van der Waals surface area contributed by atoms with Gasteiger partial charge in [-0.05, 0) is 44.0 Å². The van der Waals surface area contributed by atoms with Crippen LogP contribution in [0.5, 0.6) is 0 Å². The van der Waals surface area contributed by atoms with Crippen LogP contribution in [0.1, 0.15) is 39.1 Å². The molecule has 0 bridgehead atoms. The number of anilines is 1. The van der Waals surface area contributed by atoms with Crippen molar-refractivity contribution in [1.29, 1.82) is 0 Å². The lowest BCUT2D eigenvalue weighted by atomic mass is 10.1. The van der Waals surface area contributed by atoms with E-state index in [9.17, 15) is 9.59 Å². The van der Waals surface area contributed by atoms with E-state index in [1.165, 1.54) is 30.2 Å². The lowest BCUT2D eigenvalue weighted by molar-refractivity contribution is -0.113. The number of thioether (sulfide) groups is 1. The van der Waals surface area contributed by atoms with E-state index in [1.807, 2.05) is 49.6 Å². The zero-order chi connectivity index (χ0) is 22.5. The molecule has 0 saturated heterocycles. The number of nitrogens with one attached hydrogen (secondary N) is 1. The summed E-state index contributed by atoms with van der Waals surface area (Å²) in [5.74, 6) is 0.296. The topological polar surface area (TPSA) is 86.1 Å². The third-order valence-corrected chi connectivity index (χ3v) is 7.09. The van der Waals surface area contributed by atoms with Gasteiger partial charge in [0.05, 0.1) is 18.4 Å². The van der Waals surface area contributed by atoms with E-state index >= 15 is 0 Å². The fraction of sp³-hybridized carbons (Fsp3) is 0.333. The molecule has 0 spiro atoms. The monoisotopic (exact) mass is 478 g/mol. The van der Waals surface area contributed by atoms with Gasteiger partial charge in [0.1, 0.15) is 10.8 Å². The second kappa shape index (κ2) is 10.3. The molecule has 164 valence electrons. The van der Waals surface area contributed by atoms with E-state index in [-0.39, 0.29) is 11.7 Å². The van der Waals surface area contributed by atoms with Crippen molar-refractivity contribution >= 4 is 51.6 Å². The van der Waals surface area contributed by atoms with Crippen LogP contribution in [0.4, 0.5) is 5.00 Å². The summed E-state index contributed by atoms with van der Waals surface area (Å²) < 4.78 is 6.84. The normalized spacial score (nSPS) is 10.9. The first-order valence-corrected chi connectivity index (χ1v) is 11.8. The fourth-order valence-electron chi connectivity index (χ4n) is 3.01. The molecule has 1 aromatic carbocycles. The van der Waals surface area contributed by atoms with Crippen LogP contribution in [0, 0.1) is 13.8 Å². The highest BCUT2D eigenvalue weighted by atomic mass is 35.5. The number of methoxy groups -OCH3 is 1. The number of carbonyl (C=O) groups excluding carboxylic acids is 2. The van der Waals surface area contributed by atoms with Gasteiger partial charge >= 0.3 is 5.97 Å². The van der Waals surface area contributed by atoms with Crippen molar-refractivity contribution in [3.05, 3.63) is 56.7 Å². The summed E-state index contributed by atoms with van der Waals surface area (Å²) in [5, 5.41) is 13.3. The molecule has 0 aliphatic carbocycles. The number of carbonyl (C=O) groups is 2. The van der Waals surface area contributed by atoms with E-state index in [4.69, 9.17) is 16.3 Å². The van der Waals surface area contributed by atoms with Crippen LogP contribution in [0.15, 0.2) is 29.4 Å². The third kappa shape index (κ3) is 5.47. The molecular weight excluding hydrogens is 456 g/mol. The molecule has 0 fully saturated rings. The van der Waals surface area contributed by atoms with Crippen molar-refractivity contribution in [1.82, 2.24) is 14.8 Å². The second-order valence-corrected chi connectivity index (χ2v) is 9.37. The molecule has 1 N–H and O–H groups in total. The lowest BCUT2D eigenvalue weighted by Crippen LogP contribution is -2.16. The molecule has 0 radical (unpaired) electrons. The summed E-state index contributed by atoms with van der Waals surface area (Å²) in [7, 11) is 1.33. The largest absolute Gasteiger partial charge is 0.465 e. The Morgan fingerprint density at radius 1 is 1.23 bits per heavy atom. The molecule has 0 unspecified atom stereocenters. The summed E-state index contributed by atoms with van der Waals surface area (Å²) in [6.45, 7) is 6.45. The van der Waals surface area contributed by atoms with Crippen LogP contribution in [0.2, 0.25) is 5.02 Å². The van der Waals surface area contributed by atoms with Crippen molar-refractivity contribution in [3.8, 4) is 0 Å². The predicted molar refractivity (Wildman–Crippen MR) is 124 cm³/mol. The number of thiophene rings is 1. The van der Waals surface area contributed by atoms with Crippen molar-refractivity contribution in [2.75, 3.05) is 18.2 Å². The van der Waals surface area contributed by atoms with E-state index in [0.29, 0.717) is 33.7 Å².